The molecule has 0 bridgehead atoms. The molecule has 1 fully saturated rings. The van der Waals surface area contributed by atoms with Crippen molar-refractivity contribution in [2.45, 2.75) is 39.5 Å². The SMILES string of the molecule is CC(C)C1CC(=O)N(CCCCCCl)C1. The van der Waals surface area contributed by atoms with Crippen molar-refractivity contribution in [2.24, 2.45) is 11.8 Å². The summed E-state index contributed by atoms with van der Waals surface area (Å²) >= 11 is 5.61. The first kappa shape index (κ1) is 12.8. The molecule has 1 unspecified atom stereocenters. The standard InChI is InChI=1S/C12H22ClNO/c1-10(2)11-8-12(15)14(9-11)7-5-3-4-6-13/h10-11H,3-9H2,1-2H3. The molecule has 3 heteroatoms. The van der Waals surface area contributed by atoms with Crippen molar-refractivity contribution < 1.29 is 4.79 Å². The zero-order chi connectivity index (χ0) is 11.3. The number of nitrogens with zero attached hydrogens (tertiary/aromatic N) is 1. The lowest BCUT2D eigenvalue weighted by Crippen LogP contribution is -2.26. The van der Waals surface area contributed by atoms with Crippen LogP contribution in [0.4, 0.5) is 0 Å². The zero-order valence-corrected chi connectivity index (χ0v) is 10.6. The summed E-state index contributed by atoms with van der Waals surface area (Å²) in [5, 5.41) is 0. The largest absolute Gasteiger partial charge is 0.342 e. The molecule has 0 spiro atoms. The summed E-state index contributed by atoms with van der Waals surface area (Å²) in [5.74, 6) is 2.29. The number of amides is 1. The summed E-state index contributed by atoms with van der Waals surface area (Å²) < 4.78 is 0. The number of rotatable bonds is 6. The van der Waals surface area contributed by atoms with Crippen molar-refractivity contribution in [1.29, 1.82) is 0 Å². The second-order valence-corrected chi connectivity index (χ2v) is 5.18. The molecule has 0 aromatic heterocycles. The van der Waals surface area contributed by atoms with Crippen LogP contribution in [-0.2, 0) is 4.79 Å². The van der Waals surface area contributed by atoms with Crippen LogP contribution < -0.4 is 0 Å². The van der Waals surface area contributed by atoms with Gasteiger partial charge in [0.25, 0.3) is 0 Å². The lowest BCUT2D eigenvalue weighted by Gasteiger charge is -2.17. The average molecular weight is 232 g/mol. The molecule has 0 N–H and O–H groups in total. The van der Waals surface area contributed by atoms with Crippen molar-refractivity contribution in [1.82, 2.24) is 4.90 Å². The molecule has 0 saturated carbocycles. The molecule has 1 rings (SSSR count). The molecule has 1 aliphatic heterocycles. The number of unbranched alkanes of at least 4 members (excludes halogenated alkanes) is 2. The minimum absolute atomic E-state index is 0.347. The van der Waals surface area contributed by atoms with Gasteiger partial charge in [0.2, 0.25) is 5.91 Å². The minimum Gasteiger partial charge on any atom is -0.342 e. The van der Waals surface area contributed by atoms with Crippen LogP contribution in [0.25, 0.3) is 0 Å². The Kier molecular flexibility index (Phi) is 5.44. The van der Waals surface area contributed by atoms with E-state index < -0.39 is 0 Å². The third-order valence-corrected chi connectivity index (χ3v) is 3.52. The Bertz CT molecular complexity index is 206. The van der Waals surface area contributed by atoms with E-state index in [1.165, 1.54) is 0 Å². The van der Waals surface area contributed by atoms with Gasteiger partial charge in [0.1, 0.15) is 0 Å². The second-order valence-electron chi connectivity index (χ2n) is 4.80. The molecule has 2 nitrogen and oxygen atoms in total. The third kappa shape index (κ3) is 4.02. The summed E-state index contributed by atoms with van der Waals surface area (Å²) in [6.45, 7) is 6.31. The van der Waals surface area contributed by atoms with E-state index in [0.29, 0.717) is 17.7 Å². The van der Waals surface area contributed by atoms with E-state index in [1.54, 1.807) is 0 Å². The highest BCUT2D eigenvalue weighted by atomic mass is 35.5. The normalized spacial score (nSPS) is 21.7. The topological polar surface area (TPSA) is 20.3 Å². The lowest BCUT2D eigenvalue weighted by molar-refractivity contribution is -0.127. The Balaban J connectivity index is 2.22. The van der Waals surface area contributed by atoms with Gasteiger partial charge in [-0.3, -0.25) is 4.79 Å². The number of likely N-dealkylation sites (tertiary alicyclic amines) is 1. The zero-order valence-electron chi connectivity index (χ0n) is 9.84. The van der Waals surface area contributed by atoms with E-state index in [-0.39, 0.29) is 0 Å². The molecule has 1 saturated heterocycles. The summed E-state index contributed by atoms with van der Waals surface area (Å²) in [4.78, 5) is 13.7. The molecule has 1 atom stereocenters. The molecule has 1 aliphatic rings. The van der Waals surface area contributed by atoms with Crippen LogP contribution in [0.1, 0.15) is 39.5 Å². The Hall–Kier alpha value is -0.240. The molecule has 0 aromatic carbocycles. The number of carbonyl (C=O) groups excluding carboxylic acids is 1. The Morgan fingerprint density at radius 2 is 2.13 bits per heavy atom. The van der Waals surface area contributed by atoms with Crippen molar-refractivity contribution >= 4 is 17.5 Å². The van der Waals surface area contributed by atoms with Crippen molar-refractivity contribution in [3.63, 3.8) is 0 Å². The smallest absolute Gasteiger partial charge is 0.222 e. The van der Waals surface area contributed by atoms with Crippen LogP contribution in [-0.4, -0.2) is 29.8 Å². The van der Waals surface area contributed by atoms with Crippen LogP contribution in [0.15, 0.2) is 0 Å². The molecule has 0 radical (unpaired) electrons. The predicted molar refractivity (Wildman–Crippen MR) is 64.1 cm³/mol. The molecule has 1 amide bonds. The van der Waals surface area contributed by atoms with Crippen LogP contribution in [0.2, 0.25) is 0 Å². The first-order valence-corrected chi connectivity index (χ1v) is 6.52. The maximum absolute atomic E-state index is 11.7. The average Bonchev–Trinajstić information content (AvgIpc) is 2.55. The quantitative estimate of drug-likeness (QED) is 0.509. The molecule has 0 aliphatic carbocycles. The molecular formula is C12H22ClNO. The maximum atomic E-state index is 11.7. The van der Waals surface area contributed by atoms with E-state index in [1.807, 2.05) is 4.90 Å². The van der Waals surface area contributed by atoms with Crippen molar-refractivity contribution in [3.8, 4) is 0 Å². The van der Waals surface area contributed by atoms with Gasteiger partial charge in [0.05, 0.1) is 0 Å². The lowest BCUT2D eigenvalue weighted by atomic mass is 9.95. The van der Waals surface area contributed by atoms with Crippen molar-refractivity contribution in [2.75, 3.05) is 19.0 Å². The third-order valence-electron chi connectivity index (χ3n) is 3.25. The van der Waals surface area contributed by atoms with Crippen LogP contribution >= 0.6 is 11.6 Å². The molecule has 88 valence electrons. The Morgan fingerprint density at radius 1 is 1.40 bits per heavy atom. The van der Waals surface area contributed by atoms with Crippen molar-refractivity contribution in [3.05, 3.63) is 0 Å². The van der Waals surface area contributed by atoms with Gasteiger partial charge >= 0.3 is 0 Å². The van der Waals surface area contributed by atoms with Gasteiger partial charge in [-0.2, -0.15) is 0 Å². The molecular weight excluding hydrogens is 210 g/mol. The van der Waals surface area contributed by atoms with Crippen LogP contribution in [0, 0.1) is 11.8 Å². The molecule has 1 heterocycles. The Labute approximate surface area is 98.0 Å². The number of hydrogen-bond donors (Lipinski definition) is 0. The monoisotopic (exact) mass is 231 g/mol. The van der Waals surface area contributed by atoms with Gasteiger partial charge in [0.15, 0.2) is 0 Å². The number of carbonyl (C=O) groups is 1. The highest BCUT2D eigenvalue weighted by molar-refractivity contribution is 6.17. The number of halogens is 1. The van der Waals surface area contributed by atoms with E-state index in [2.05, 4.69) is 13.8 Å². The predicted octanol–water partition coefficient (Wildman–Crippen LogP) is 2.90. The fourth-order valence-corrected chi connectivity index (χ4v) is 2.23. The highest BCUT2D eigenvalue weighted by Gasteiger charge is 2.30. The van der Waals surface area contributed by atoms with Gasteiger partial charge in [-0.25, -0.2) is 0 Å². The number of hydrogen-bond acceptors (Lipinski definition) is 1. The second kappa shape index (κ2) is 6.37. The first-order chi connectivity index (χ1) is 7.15. The maximum Gasteiger partial charge on any atom is 0.222 e. The van der Waals surface area contributed by atoms with Gasteiger partial charge < -0.3 is 4.90 Å². The fourth-order valence-electron chi connectivity index (χ4n) is 2.04. The van der Waals surface area contributed by atoms with Gasteiger partial charge in [0, 0.05) is 25.4 Å². The minimum atomic E-state index is 0.347. The molecule has 0 aromatic rings. The fraction of sp³-hybridized carbons (Fsp3) is 0.917. The summed E-state index contributed by atoms with van der Waals surface area (Å²) in [6.07, 6.45) is 4.06. The van der Waals surface area contributed by atoms with Crippen LogP contribution in [0.3, 0.4) is 0 Å². The Morgan fingerprint density at radius 3 is 2.67 bits per heavy atom. The number of alkyl halides is 1. The summed E-state index contributed by atoms with van der Waals surface area (Å²) in [7, 11) is 0. The van der Waals surface area contributed by atoms with E-state index in [0.717, 1.165) is 44.7 Å². The van der Waals surface area contributed by atoms with Gasteiger partial charge in [-0.1, -0.05) is 20.3 Å². The molecule has 15 heavy (non-hydrogen) atoms. The van der Waals surface area contributed by atoms with Gasteiger partial charge in [-0.15, -0.1) is 11.6 Å². The summed E-state index contributed by atoms with van der Waals surface area (Å²) in [6, 6.07) is 0. The highest BCUT2D eigenvalue weighted by Crippen LogP contribution is 2.24. The van der Waals surface area contributed by atoms with E-state index in [9.17, 15) is 4.79 Å². The first-order valence-electron chi connectivity index (χ1n) is 5.99. The van der Waals surface area contributed by atoms with E-state index in [4.69, 9.17) is 11.6 Å². The van der Waals surface area contributed by atoms with E-state index >= 15 is 0 Å². The van der Waals surface area contributed by atoms with Crippen LogP contribution in [0.5, 0.6) is 0 Å². The van der Waals surface area contributed by atoms with Gasteiger partial charge in [-0.05, 0) is 24.7 Å². The summed E-state index contributed by atoms with van der Waals surface area (Å²) in [5.41, 5.74) is 0.